The molecule has 2 atom stereocenters. The van der Waals surface area contributed by atoms with Crippen LogP contribution in [0.15, 0.2) is 0 Å². The van der Waals surface area contributed by atoms with Gasteiger partial charge in [0.1, 0.15) is 0 Å². The zero-order valence-electron chi connectivity index (χ0n) is 9.54. The first kappa shape index (κ1) is 12.0. The van der Waals surface area contributed by atoms with Gasteiger partial charge in [0.15, 0.2) is 0 Å². The van der Waals surface area contributed by atoms with Crippen molar-refractivity contribution in [3.8, 4) is 0 Å². The summed E-state index contributed by atoms with van der Waals surface area (Å²) in [6.07, 6.45) is 1.80. The highest BCUT2D eigenvalue weighted by atomic mass is 16.4. The van der Waals surface area contributed by atoms with Crippen molar-refractivity contribution in [1.29, 1.82) is 0 Å². The van der Waals surface area contributed by atoms with Gasteiger partial charge in [-0.05, 0) is 40.0 Å². The molecule has 1 amide bonds. The quantitative estimate of drug-likeness (QED) is 0.728. The summed E-state index contributed by atoms with van der Waals surface area (Å²) in [5.41, 5.74) is -0.238. The largest absolute Gasteiger partial charge is 0.481 e. The maximum Gasteiger partial charge on any atom is 0.306 e. The summed E-state index contributed by atoms with van der Waals surface area (Å²) in [5.74, 6) is -1.24. The van der Waals surface area contributed by atoms with Gasteiger partial charge in [0.05, 0.1) is 5.92 Å². The molecule has 0 bridgehead atoms. The minimum atomic E-state index is -0.777. The van der Waals surface area contributed by atoms with Gasteiger partial charge in [0.25, 0.3) is 0 Å². The molecule has 86 valence electrons. The van der Waals surface area contributed by atoms with E-state index in [1.165, 1.54) is 0 Å². The molecule has 1 rings (SSSR count). The van der Waals surface area contributed by atoms with Crippen LogP contribution in [0.5, 0.6) is 0 Å². The van der Waals surface area contributed by atoms with Gasteiger partial charge in [0.2, 0.25) is 5.91 Å². The number of rotatable bonds is 2. The minimum Gasteiger partial charge on any atom is -0.481 e. The van der Waals surface area contributed by atoms with Crippen LogP contribution >= 0.6 is 0 Å². The summed E-state index contributed by atoms with van der Waals surface area (Å²) in [5, 5.41) is 11.7. The van der Waals surface area contributed by atoms with Crippen molar-refractivity contribution in [3.05, 3.63) is 0 Å². The number of aliphatic carboxylic acids is 1. The van der Waals surface area contributed by atoms with Gasteiger partial charge >= 0.3 is 5.97 Å². The van der Waals surface area contributed by atoms with E-state index in [9.17, 15) is 9.59 Å². The van der Waals surface area contributed by atoms with Crippen LogP contribution in [0.4, 0.5) is 0 Å². The Morgan fingerprint density at radius 2 is 1.73 bits per heavy atom. The summed E-state index contributed by atoms with van der Waals surface area (Å²) in [6, 6.07) is 0. The molecule has 0 radical (unpaired) electrons. The molecule has 0 aromatic heterocycles. The lowest BCUT2D eigenvalue weighted by atomic mass is 10.0. The van der Waals surface area contributed by atoms with E-state index in [2.05, 4.69) is 5.32 Å². The number of carboxylic acid groups (broad SMARTS) is 1. The average Bonchev–Trinajstić information content (AvgIpc) is 2.47. The van der Waals surface area contributed by atoms with E-state index < -0.39 is 5.97 Å². The molecule has 0 aromatic rings. The van der Waals surface area contributed by atoms with E-state index in [1.807, 2.05) is 20.8 Å². The van der Waals surface area contributed by atoms with Crippen molar-refractivity contribution in [1.82, 2.24) is 5.32 Å². The molecule has 2 N–H and O–H groups in total. The topological polar surface area (TPSA) is 66.4 Å². The molecule has 1 aliphatic rings. The Morgan fingerprint density at radius 1 is 1.20 bits per heavy atom. The molecule has 1 aliphatic carbocycles. The highest BCUT2D eigenvalue weighted by Gasteiger charge is 2.34. The van der Waals surface area contributed by atoms with E-state index in [-0.39, 0.29) is 23.3 Å². The molecular weight excluding hydrogens is 194 g/mol. The fraction of sp³-hybridized carbons (Fsp3) is 0.818. The molecule has 15 heavy (non-hydrogen) atoms. The van der Waals surface area contributed by atoms with Gasteiger partial charge in [-0.25, -0.2) is 0 Å². The smallest absolute Gasteiger partial charge is 0.306 e. The molecule has 4 nitrogen and oxygen atoms in total. The molecule has 0 aliphatic heterocycles. The number of amides is 1. The van der Waals surface area contributed by atoms with Crippen LogP contribution in [-0.4, -0.2) is 22.5 Å². The van der Waals surface area contributed by atoms with E-state index >= 15 is 0 Å². The Balaban J connectivity index is 2.47. The molecular formula is C11H19NO3. The van der Waals surface area contributed by atoms with Crippen LogP contribution in [0.1, 0.15) is 40.0 Å². The third-order valence-electron chi connectivity index (χ3n) is 2.65. The van der Waals surface area contributed by atoms with Gasteiger partial charge in [-0.1, -0.05) is 0 Å². The Kier molecular flexibility index (Phi) is 3.37. The fourth-order valence-corrected chi connectivity index (χ4v) is 1.92. The van der Waals surface area contributed by atoms with Crippen molar-refractivity contribution < 1.29 is 14.7 Å². The number of carboxylic acids is 1. The molecule has 0 unspecified atom stereocenters. The Labute approximate surface area is 90.0 Å². The van der Waals surface area contributed by atoms with Crippen LogP contribution in [0, 0.1) is 11.8 Å². The third-order valence-corrected chi connectivity index (χ3v) is 2.65. The van der Waals surface area contributed by atoms with Gasteiger partial charge in [-0.2, -0.15) is 0 Å². The summed E-state index contributed by atoms with van der Waals surface area (Å²) in [7, 11) is 0. The second-order valence-electron chi connectivity index (χ2n) is 5.28. The van der Waals surface area contributed by atoms with Crippen LogP contribution in [0.3, 0.4) is 0 Å². The number of nitrogens with one attached hydrogen (secondary N) is 1. The summed E-state index contributed by atoms with van der Waals surface area (Å²) < 4.78 is 0. The van der Waals surface area contributed by atoms with Gasteiger partial charge < -0.3 is 10.4 Å². The maximum atomic E-state index is 11.7. The zero-order valence-corrected chi connectivity index (χ0v) is 9.54. The number of hydrogen-bond donors (Lipinski definition) is 2. The van der Waals surface area contributed by atoms with Crippen molar-refractivity contribution in [3.63, 3.8) is 0 Å². The highest BCUT2D eigenvalue weighted by molar-refractivity contribution is 5.81. The standard InChI is InChI=1S/C11H19NO3/c1-11(2,3)12-9(13)7-4-5-8(6-7)10(14)15/h7-8H,4-6H2,1-3H3,(H,12,13)(H,14,15)/t7-,8+/m1/s1. The van der Waals surface area contributed by atoms with Crippen molar-refractivity contribution in [2.75, 3.05) is 0 Å². The highest BCUT2D eigenvalue weighted by Crippen LogP contribution is 2.31. The molecule has 1 saturated carbocycles. The van der Waals surface area contributed by atoms with Gasteiger partial charge in [-0.3, -0.25) is 9.59 Å². The molecule has 0 saturated heterocycles. The number of carbonyl (C=O) groups excluding carboxylic acids is 1. The second-order valence-corrected chi connectivity index (χ2v) is 5.28. The lowest BCUT2D eigenvalue weighted by molar-refractivity contribution is -0.141. The number of carbonyl (C=O) groups is 2. The monoisotopic (exact) mass is 213 g/mol. The SMILES string of the molecule is CC(C)(C)NC(=O)[C@@H]1CC[C@H](C(=O)O)C1. The summed E-state index contributed by atoms with van der Waals surface area (Å²) in [6.45, 7) is 5.78. The first-order valence-corrected chi connectivity index (χ1v) is 5.34. The first-order valence-electron chi connectivity index (χ1n) is 5.34. The first-order chi connectivity index (χ1) is 6.79. The zero-order chi connectivity index (χ0) is 11.6. The lowest BCUT2D eigenvalue weighted by Crippen LogP contribution is -2.43. The van der Waals surface area contributed by atoms with Crippen molar-refractivity contribution in [2.24, 2.45) is 11.8 Å². The van der Waals surface area contributed by atoms with E-state index in [1.54, 1.807) is 0 Å². The van der Waals surface area contributed by atoms with Crippen molar-refractivity contribution >= 4 is 11.9 Å². The molecule has 0 aromatic carbocycles. The second kappa shape index (κ2) is 4.21. The maximum absolute atomic E-state index is 11.7. The molecule has 4 heteroatoms. The van der Waals surface area contributed by atoms with Crippen LogP contribution < -0.4 is 5.32 Å². The Bertz CT molecular complexity index is 267. The van der Waals surface area contributed by atoms with E-state index in [0.717, 1.165) is 0 Å². The molecule has 1 fully saturated rings. The van der Waals surface area contributed by atoms with Crippen molar-refractivity contribution in [2.45, 2.75) is 45.6 Å². The number of hydrogen-bond acceptors (Lipinski definition) is 2. The third kappa shape index (κ3) is 3.53. The van der Waals surface area contributed by atoms with Gasteiger partial charge in [0, 0.05) is 11.5 Å². The lowest BCUT2D eigenvalue weighted by Gasteiger charge is -2.22. The van der Waals surface area contributed by atoms with E-state index in [4.69, 9.17) is 5.11 Å². The Morgan fingerprint density at radius 3 is 2.13 bits per heavy atom. The molecule has 0 spiro atoms. The van der Waals surface area contributed by atoms with E-state index in [0.29, 0.717) is 19.3 Å². The fourth-order valence-electron chi connectivity index (χ4n) is 1.92. The van der Waals surface area contributed by atoms with Gasteiger partial charge in [-0.15, -0.1) is 0 Å². The van der Waals surface area contributed by atoms with Crippen LogP contribution in [0.25, 0.3) is 0 Å². The average molecular weight is 213 g/mol. The molecule has 0 heterocycles. The van der Waals surface area contributed by atoms with Crippen LogP contribution in [-0.2, 0) is 9.59 Å². The normalized spacial score (nSPS) is 26.3. The predicted octanol–water partition coefficient (Wildman–Crippen LogP) is 1.40. The predicted molar refractivity (Wildman–Crippen MR) is 56.4 cm³/mol. The summed E-state index contributed by atoms with van der Waals surface area (Å²) >= 11 is 0. The van der Waals surface area contributed by atoms with Crippen LogP contribution in [0.2, 0.25) is 0 Å². The summed E-state index contributed by atoms with van der Waals surface area (Å²) in [4.78, 5) is 22.4. The minimum absolute atomic E-state index is 0.00810. The Hall–Kier alpha value is -1.06.